The maximum Gasteiger partial charge on any atom is 0.168 e. The van der Waals surface area contributed by atoms with Gasteiger partial charge in [-0.2, -0.15) is 5.10 Å². The monoisotopic (exact) mass is 402 g/mol. The molecule has 0 radical (unpaired) electrons. The molecule has 0 spiro atoms. The van der Waals surface area contributed by atoms with Crippen LogP contribution in [0, 0.1) is 12.7 Å². The summed E-state index contributed by atoms with van der Waals surface area (Å²) in [5, 5.41) is 4.34. The molecule has 0 bridgehead atoms. The number of Topliss-reactive ketones (excluding diaryl/α,β-unsaturated/α-hetero) is 1. The summed E-state index contributed by atoms with van der Waals surface area (Å²) >= 11 is 6.65. The summed E-state index contributed by atoms with van der Waals surface area (Å²) in [6.07, 6.45) is 0.186. The van der Waals surface area contributed by atoms with E-state index in [1.807, 2.05) is 13.8 Å². The van der Waals surface area contributed by atoms with Crippen molar-refractivity contribution in [3.05, 3.63) is 49.9 Å². The van der Waals surface area contributed by atoms with Gasteiger partial charge in [-0.25, -0.2) is 4.39 Å². The first-order valence-corrected chi connectivity index (χ1v) is 7.72. The number of carbonyl (C=O) groups is 1. The summed E-state index contributed by atoms with van der Waals surface area (Å²) in [6, 6.07) is 4.20. The van der Waals surface area contributed by atoms with Gasteiger partial charge in [0.05, 0.1) is 22.3 Å². The molecule has 106 valence electrons. The summed E-state index contributed by atoms with van der Waals surface area (Å²) in [5.74, 6) is -0.567. The van der Waals surface area contributed by atoms with Gasteiger partial charge in [0.25, 0.3) is 0 Å². The third-order valence-corrected chi connectivity index (χ3v) is 4.45. The highest BCUT2D eigenvalue weighted by atomic mass is 79.9. The van der Waals surface area contributed by atoms with E-state index in [-0.39, 0.29) is 12.2 Å². The molecule has 3 nitrogen and oxygen atoms in total. The Morgan fingerprint density at radius 3 is 2.65 bits per heavy atom. The summed E-state index contributed by atoms with van der Waals surface area (Å²) in [7, 11) is 0. The highest BCUT2D eigenvalue weighted by Crippen LogP contribution is 2.23. The van der Waals surface area contributed by atoms with E-state index in [2.05, 4.69) is 37.0 Å². The summed E-state index contributed by atoms with van der Waals surface area (Å²) in [6.45, 7) is 4.52. The molecule has 0 aliphatic rings. The highest BCUT2D eigenvalue weighted by molar-refractivity contribution is 9.10. The van der Waals surface area contributed by atoms with Gasteiger partial charge in [0.2, 0.25) is 0 Å². The lowest BCUT2D eigenvalue weighted by Gasteiger charge is -2.06. The zero-order chi connectivity index (χ0) is 14.9. The second-order valence-corrected chi connectivity index (χ2v) is 6.13. The molecule has 0 atom stereocenters. The van der Waals surface area contributed by atoms with Crippen molar-refractivity contribution in [1.82, 2.24) is 9.78 Å². The van der Waals surface area contributed by atoms with Gasteiger partial charge >= 0.3 is 0 Å². The number of hydrogen-bond acceptors (Lipinski definition) is 2. The minimum atomic E-state index is -0.429. The number of hydrogen-bond donors (Lipinski definition) is 0. The average molecular weight is 404 g/mol. The SMILES string of the molecule is CCn1nc(C)c(Br)c1CC(=O)c1cc(F)cc(Br)c1. The van der Waals surface area contributed by atoms with Crippen molar-refractivity contribution in [2.75, 3.05) is 0 Å². The molecule has 0 saturated heterocycles. The van der Waals surface area contributed by atoms with Crippen LogP contribution in [-0.2, 0) is 13.0 Å². The number of benzene rings is 1. The Kier molecular flexibility index (Phi) is 4.75. The molecule has 1 aromatic heterocycles. The van der Waals surface area contributed by atoms with Gasteiger partial charge in [-0.3, -0.25) is 9.48 Å². The Bertz CT molecular complexity index is 647. The van der Waals surface area contributed by atoms with Crippen LogP contribution in [0.3, 0.4) is 0 Å². The lowest BCUT2D eigenvalue weighted by molar-refractivity contribution is 0.0990. The molecule has 20 heavy (non-hydrogen) atoms. The molecule has 0 N–H and O–H groups in total. The smallest absolute Gasteiger partial charge is 0.168 e. The van der Waals surface area contributed by atoms with Crippen LogP contribution in [0.15, 0.2) is 27.1 Å². The Morgan fingerprint density at radius 1 is 1.35 bits per heavy atom. The molecular weight excluding hydrogens is 391 g/mol. The average Bonchev–Trinajstić information content (AvgIpc) is 2.65. The minimum Gasteiger partial charge on any atom is -0.294 e. The Balaban J connectivity index is 2.32. The van der Waals surface area contributed by atoms with Crippen LogP contribution in [0.2, 0.25) is 0 Å². The van der Waals surface area contributed by atoms with E-state index in [4.69, 9.17) is 0 Å². The van der Waals surface area contributed by atoms with E-state index in [0.717, 1.165) is 15.9 Å². The van der Waals surface area contributed by atoms with Crippen LogP contribution in [-0.4, -0.2) is 15.6 Å². The largest absolute Gasteiger partial charge is 0.294 e. The molecule has 0 saturated carbocycles. The normalized spacial score (nSPS) is 10.8. The summed E-state index contributed by atoms with van der Waals surface area (Å²) in [4.78, 5) is 12.3. The van der Waals surface area contributed by atoms with Crippen LogP contribution in [0.4, 0.5) is 4.39 Å². The predicted octanol–water partition coefficient (Wildman–Crippen LogP) is 4.30. The van der Waals surface area contributed by atoms with Crippen molar-refractivity contribution >= 4 is 37.6 Å². The van der Waals surface area contributed by atoms with Gasteiger partial charge in [0.1, 0.15) is 5.82 Å². The Labute approximate surface area is 133 Å². The van der Waals surface area contributed by atoms with Crippen molar-refractivity contribution in [3.63, 3.8) is 0 Å². The third kappa shape index (κ3) is 3.17. The molecule has 0 fully saturated rings. The van der Waals surface area contributed by atoms with E-state index in [1.54, 1.807) is 10.7 Å². The second-order valence-electron chi connectivity index (χ2n) is 4.42. The quantitative estimate of drug-likeness (QED) is 0.713. The molecule has 2 rings (SSSR count). The number of rotatable bonds is 4. The fourth-order valence-electron chi connectivity index (χ4n) is 2.01. The number of ketones is 1. The summed E-state index contributed by atoms with van der Waals surface area (Å²) < 4.78 is 16.5. The number of carbonyl (C=O) groups excluding carboxylic acids is 1. The van der Waals surface area contributed by atoms with E-state index < -0.39 is 5.82 Å². The molecule has 1 heterocycles. The lowest BCUT2D eigenvalue weighted by atomic mass is 10.1. The Hall–Kier alpha value is -1.01. The van der Waals surface area contributed by atoms with Gasteiger partial charge in [-0.05, 0) is 48.0 Å². The fourth-order valence-corrected chi connectivity index (χ4v) is 2.90. The maximum atomic E-state index is 13.3. The number of aryl methyl sites for hydroxylation is 2. The second kappa shape index (κ2) is 6.18. The van der Waals surface area contributed by atoms with Crippen molar-refractivity contribution in [3.8, 4) is 0 Å². The Morgan fingerprint density at radius 2 is 2.05 bits per heavy atom. The summed E-state index contributed by atoms with van der Waals surface area (Å²) in [5.41, 5.74) is 2.01. The van der Waals surface area contributed by atoms with Crippen molar-refractivity contribution < 1.29 is 9.18 Å². The first-order chi connectivity index (χ1) is 9.42. The molecule has 6 heteroatoms. The first-order valence-electron chi connectivity index (χ1n) is 6.13. The zero-order valence-electron chi connectivity index (χ0n) is 11.1. The van der Waals surface area contributed by atoms with Crippen molar-refractivity contribution in [1.29, 1.82) is 0 Å². The number of nitrogens with zero attached hydrogens (tertiary/aromatic N) is 2. The number of halogens is 3. The molecule has 0 unspecified atom stereocenters. The molecule has 2 aromatic rings. The van der Waals surface area contributed by atoms with Gasteiger partial charge in [0.15, 0.2) is 5.78 Å². The fraction of sp³-hybridized carbons (Fsp3) is 0.286. The maximum absolute atomic E-state index is 13.3. The predicted molar refractivity (Wildman–Crippen MR) is 82.5 cm³/mol. The third-order valence-electron chi connectivity index (χ3n) is 2.97. The van der Waals surface area contributed by atoms with Crippen LogP contribution in [0.25, 0.3) is 0 Å². The van der Waals surface area contributed by atoms with E-state index >= 15 is 0 Å². The topological polar surface area (TPSA) is 34.9 Å². The van der Waals surface area contributed by atoms with E-state index in [9.17, 15) is 9.18 Å². The molecular formula is C14H13Br2FN2O. The van der Waals surface area contributed by atoms with Crippen LogP contribution < -0.4 is 0 Å². The molecule has 0 aliphatic carbocycles. The molecule has 0 aliphatic heterocycles. The van der Waals surface area contributed by atoms with Crippen LogP contribution in [0.1, 0.15) is 28.7 Å². The minimum absolute atomic E-state index is 0.138. The van der Waals surface area contributed by atoms with Crippen LogP contribution in [0.5, 0.6) is 0 Å². The van der Waals surface area contributed by atoms with Gasteiger partial charge < -0.3 is 0 Å². The van der Waals surface area contributed by atoms with Crippen molar-refractivity contribution in [2.45, 2.75) is 26.8 Å². The molecule has 0 amide bonds. The van der Waals surface area contributed by atoms with E-state index in [0.29, 0.717) is 16.6 Å². The highest BCUT2D eigenvalue weighted by Gasteiger charge is 2.17. The first kappa shape index (κ1) is 15.4. The van der Waals surface area contributed by atoms with Crippen LogP contribution >= 0.6 is 31.9 Å². The number of aromatic nitrogens is 2. The van der Waals surface area contributed by atoms with Gasteiger partial charge in [0, 0.05) is 16.6 Å². The van der Waals surface area contributed by atoms with Gasteiger partial charge in [-0.1, -0.05) is 15.9 Å². The van der Waals surface area contributed by atoms with Crippen molar-refractivity contribution in [2.24, 2.45) is 0 Å². The lowest BCUT2D eigenvalue weighted by Crippen LogP contribution is -2.10. The zero-order valence-corrected chi connectivity index (χ0v) is 14.3. The van der Waals surface area contributed by atoms with Gasteiger partial charge in [-0.15, -0.1) is 0 Å². The van der Waals surface area contributed by atoms with E-state index in [1.165, 1.54) is 12.1 Å². The standard InChI is InChI=1S/C14H13Br2FN2O/c1-3-19-12(14(16)8(2)18-19)7-13(20)9-4-10(15)6-11(17)5-9/h4-6H,3,7H2,1-2H3. The molecule has 1 aromatic carbocycles.